The van der Waals surface area contributed by atoms with Gasteiger partial charge in [0.1, 0.15) is 0 Å². The van der Waals surface area contributed by atoms with Gasteiger partial charge in [0.2, 0.25) is 0 Å². The molecule has 3 nitrogen and oxygen atoms in total. The van der Waals surface area contributed by atoms with E-state index in [2.05, 4.69) is 5.32 Å². The normalized spacial score (nSPS) is 27.2. The SMILES string of the molecule is OC(O)C1C=CCNC1. The molecular formula is C6H11NO2. The summed E-state index contributed by atoms with van der Waals surface area (Å²) in [5.41, 5.74) is 0. The van der Waals surface area contributed by atoms with E-state index in [-0.39, 0.29) is 5.92 Å². The van der Waals surface area contributed by atoms with Crippen LogP contribution in [0.1, 0.15) is 0 Å². The first kappa shape index (κ1) is 6.74. The van der Waals surface area contributed by atoms with Crippen LogP contribution in [0, 0.1) is 5.92 Å². The summed E-state index contributed by atoms with van der Waals surface area (Å²) in [6.45, 7) is 1.50. The minimum absolute atomic E-state index is 0.126. The largest absolute Gasteiger partial charge is 0.368 e. The van der Waals surface area contributed by atoms with Crippen molar-refractivity contribution in [2.24, 2.45) is 5.92 Å². The van der Waals surface area contributed by atoms with E-state index in [1.165, 1.54) is 0 Å². The monoisotopic (exact) mass is 129 g/mol. The molecule has 1 unspecified atom stereocenters. The highest BCUT2D eigenvalue weighted by molar-refractivity contribution is 4.96. The van der Waals surface area contributed by atoms with Crippen LogP contribution in [0.25, 0.3) is 0 Å². The Hall–Kier alpha value is -0.380. The fraction of sp³-hybridized carbons (Fsp3) is 0.667. The Balaban J connectivity index is 2.40. The summed E-state index contributed by atoms with van der Waals surface area (Å²) in [7, 11) is 0. The Labute approximate surface area is 54.0 Å². The Morgan fingerprint density at radius 1 is 1.56 bits per heavy atom. The van der Waals surface area contributed by atoms with Gasteiger partial charge >= 0.3 is 0 Å². The van der Waals surface area contributed by atoms with E-state index in [1.54, 1.807) is 0 Å². The predicted molar refractivity (Wildman–Crippen MR) is 33.7 cm³/mol. The second kappa shape index (κ2) is 2.96. The molecule has 0 radical (unpaired) electrons. The van der Waals surface area contributed by atoms with Gasteiger partial charge in [-0.25, -0.2) is 0 Å². The van der Waals surface area contributed by atoms with Crippen LogP contribution in [0.5, 0.6) is 0 Å². The number of hydrogen-bond acceptors (Lipinski definition) is 3. The molecular weight excluding hydrogens is 118 g/mol. The van der Waals surface area contributed by atoms with Crippen LogP contribution in [0.15, 0.2) is 12.2 Å². The van der Waals surface area contributed by atoms with E-state index >= 15 is 0 Å². The fourth-order valence-electron chi connectivity index (χ4n) is 0.849. The molecule has 0 aromatic carbocycles. The van der Waals surface area contributed by atoms with Crippen molar-refractivity contribution in [3.05, 3.63) is 12.2 Å². The minimum Gasteiger partial charge on any atom is -0.368 e. The summed E-state index contributed by atoms with van der Waals surface area (Å²) in [5, 5.41) is 20.3. The van der Waals surface area contributed by atoms with Gasteiger partial charge in [-0.15, -0.1) is 0 Å². The molecule has 0 aliphatic carbocycles. The topological polar surface area (TPSA) is 52.5 Å². The lowest BCUT2D eigenvalue weighted by Crippen LogP contribution is -2.33. The molecule has 0 spiro atoms. The maximum absolute atomic E-state index is 8.64. The first-order valence-corrected chi connectivity index (χ1v) is 3.04. The molecule has 0 aromatic rings. The second-order valence-electron chi connectivity index (χ2n) is 2.16. The highest BCUT2D eigenvalue weighted by atomic mass is 16.5. The third-order valence-corrected chi connectivity index (χ3v) is 1.41. The molecule has 52 valence electrons. The molecule has 9 heavy (non-hydrogen) atoms. The first-order valence-electron chi connectivity index (χ1n) is 3.04. The van der Waals surface area contributed by atoms with Crippen molar-refractivity contribution in [2.75, 3.05) is 13.1 Å². The van der Waals surface area contributed by atoms with Gasteiger partial charge in [0.05, 0.1) is 0 Å². The van der Waals surface area contributed by atoms with Crippen LogP contribution in [0.3, 0.4) is 0 Å². The Morgan fingerprint density at radius 2 is 2.33 bits per heavy atom. The number of hydrogen-bond donors (Lipinski definition) is 3. The molecule has 1 atom stereocenters. The lowest BCUT2D eigenvalue weighted by molar-refractivity contribution is -0.0699. The van der Waals surface area contributed by atoms with Crippen LogP contribution < -0.4 is 5.32 Å². The van der Waals surface area contributed by atoms with Crippen LogP contribution in [-0.2, 0) is 0 Å². The third kappa shape index (κ3) is 1.78. The highest BCUT2D eigenvalue weighted by Gasteiger charge is 2.13. The van der Waals surface area contributed by atoms with Crippen molar-refractivity contribution in [1.82, 2.24) is 5.32 Å². The van der Waals surface area contributed by atoms with Crippen molar-refractivity contribution in [2.45, 2.75) is 6.29 Å². The first-order chi connectivity index (χ1) is 4.30. The van der Waals surface area contributed by atoms with Crippen molar-refractivity contribution in [1.29, 1.82) is 0 Å². The fourth-order valence-corrected chi connectivity index (χ4v) is 0.849. The molecule has 1 rings (SSSR count). The van der Waals surface area contributed by atoms with Gasteiger partial charge in [-0.1, -0.05) is 12.2 Å². The van der Waals surface area contributed by atoms with E-state index in [9.17, 15) is 0 Å². The summed E-state index contributed by atoms with van der Waals surface area (Å²) in [6, 6.07) is 0. The van der Waals surface area contributed by atoms with Gasteiger partial charge < -0.3 is 15.5 Å². The van der Waals surface area contributed by atoms with Crippen LogP contribution in [0.4, 0.5) is 0 Å². The summed E-state index contributed by atoms with van der Waals surface area (Å²) in [5.74, 6) is -0.126. The molecule has 0 bridgehead atoms. The maximum atomic E-state index is 8.64. The highest BCUT2D eigenvalue weighted by Crippen LogP contribution is 2.04. The van der Waals surface area contributed by atoms with Crippen LogP contribution in [0.2, 0.25) is 0 Å². The van der Waals surface area contributed by atoms with Crippen molar-refractivity contribution in [3.8, 4) is 0 Å². The molecule has 0 aromatic heterocycles. The van der Waals surface area contributed by atoms with E-state index in [0.29, 0.717) is 6.54 Å². The molecule has 3 N–H and O–H groups in total. The molecule has 0 saturated heterocycles. The lowest BCUT2D eigenvalue weighted by atomic mass is 10.1. The Kier molecular flexibility index (Phi) is 2.22. The smallest absolute Gasteiger partial charge is 0.159 e. The number of aliphatic hydroxyl groups excluding tert-OH is 1. The van der Waals surface area contributed by atoms with Gasteiger partial charge in [-0.3, -0.25) is 0 Å². The molecule has 3 heteroatoms. The molecule has 1 aliphatic heterocycles. The Bertz CT molecular complexity index is 112. The number of aliphatic hydroxyl groups is 2. The average molecular weight is 129 g/mol. The summed E-state index contributed by atoms with van der Waals surface area (Å²) >= 11 is 0. The number of nitrogens with one attached hydrogen (secondary N) is 1. The molecule has 0 amide bonds. The average Bonchev–Trinajstić information content (AvgIpc) is 1.90. The minimum atomic E-state index is -1.21. The van der Waals surface area contributed by atoms with Gasteiger partial charge in [0.25, 0.3) is 0 Å². The standard InChI is InChI=1S/C6H11NO2/c8-6(9)5-2-1-3-7-4-5/h1-2,5-9H,3-4H2. The van der Waals surface area contributed by atoms with Gasteiger partial charge in [-0.05, 0) is 0 Å². The molecule has 0 fully saturated rings. The number of rotatable bonds is 1. The zero-order valence-electron chi connectivity index (χ0n) is 5.12. The van der Waals surface area contributed by atoms with E-state index < -0.39 is 6.29 Å². The van der Waals surface area contributed by atoms with Crippen LogP contribution >= 0.6 is 0 Å². The Morgan fingerprint density at radius 3 is 2.67 bits per heavy atom. The lowest BCUT2D eigenvalue weighted by Gasteiger charge is -2.18. The van der Waals surface area contributed by atoms with Gasteiger partial charge in [0.15, 0.2) is 6.29 Å². The van der Waals surface area contributed by atoms with Crippen LogP contribution in [-0.4, -0.2) is 29.6 Å². The summed E-state index contributed by atoms with van der Waals surface area (Å²) in [4.78, 5) is 0. The van der Waals surface area contributed by atoms with Gasteiger partial charge in [0, 0.05) is 19.0 Å². The summed E-state index contributed by atoms with van der Waals surface area (Å²) < 4.78 is 0. The van der Waals surface area contributed by atoms with E-state index in [4.69, 9.17) is 10.2 Å². The maximum Gasteiger partial charge on any atom is 0.159 e. The van der Waals surface area contributed by atoms with E-state index in [0.717, 1.165) is 6.54 Å². The van der Waals surface area contributed by atoms with Crippen molar-refractivity contribution in [3.63, 3.8) is 0 Å². The second-order valence-corrected chi connectivity index (χ2v) is 2.16. The quantitative estimate of drug-likeness (QED) is 0.317. The molecule has 1 aliphatic rings. The molecule has 0 saturated carbocycles. The molecule has 1 heterocycles. The zero-order valence-corrected chi connectivity index (χ0v) is 5.12. The van der Waals surface area contributed by atoms with Gasteiger partial charge in [-0.2, -0.15) is 0 Å². The predicted octanol–water partition coefficient (Wildman–Crippen LogP) is -0.927. The van der Waals surface area contributed by atoms with Crippen molar-refractivity contribution < 1.29 is 10.2 Å². The third-order valence-electron chi connectivity index (χ3n) is 1.41. The summed E-state index contributed by atoms with van der Waals surface area (Å²) in [6.07, 6.45) is 2.50. The van der Waals surface area contributed by atoms with E-state index in [1.807, 2.05) is 12.2 Å². The zero-order chi connectivity index (χ0) is 6.69. The van der Waals surface area contributed by atoms with Crippen molar-refractivity contribution >= 4 is 0 Å².